The molecule has 0 aliphatic rings. The first-order chi connectivity index (χ1) is 11.9. The molecule has 1 rings (SSSR count). The number of hydrogen-bond donors (Lipinski definition) is 2. The molecule has 0 aromatic heterocycles. The third-order valence-corrected chi connectivity index (χ3v) is 3.40. The molecule has 138 valence electrons. The van der Waals surface area contributed by atoms with Gasteiger partial charge in [-0.2, -0.15) is 5.10 Å². The summed E-state index contributed by atoms with van der Waals surface area (Å²) in [4.78, 5) is 23.3. The summed E-state index contributed by atoms with van der Waals surface area (Å²) in [5.74, 6) is -0.923. The lowest BCUT2D eigenvalue weighted by Crippen LogP contribution is -2.38. The highest BCUT2D eigenvalue weighted by atomic mass is 79.9. The Morgan fingerprint density at radius 1 is 1.32 bits per heavy atom. The predicted octanol–water partition coefficient (Wildman–Crippen LogP) is 2.23. The van der Waals surface area contributed by atoms with E-state index in [1.165, 1.54) is 6.21 Å². The van der Waals surface area contributed by atoms with Crippen LogP contribution in [0.25, 0.3) is 0 Å². The smallest absolute Gasteiger partial charge is 0.329 e. The molecule has 0 fully saturated rings. The van der Waals surface area contributed by atoms with Crippen LogP contribution in [0.4, 0.5) is 0 Å². The summed E-state index contributed by atoms with van der Waals surface area (Å²) in [5.41, 5.74) is 2.88. The number of halogens is 1. The highest BCUT2D eigenvalue weighted by molar-refractivity contribution is 9.10. The monoisotopic (exact) mass is 413 g/mol. The molecule has 8 heteroatoms. The summed E-state index contributed by atoms with van der Waals surface area (Å²) in [6, 6.07) is 5.44. The van der Waals surface area contributed by atoms with Gasteiger partial charge in [0.25, 0.3) is 0 Å². The zero-order chi connectivity index (χ0) is 18.7. The molecule has 0 bridgehead atoms. The van der Waals surface area contributed by atoms with Gasteiger partial charge >= 0.3 is 11.8 Å². The molecule has 7 nitrogen and oxygen atoms in total. The number of hydrazone groups is 1. The summed E-state index contributed by atoms with van der Waals surface area (Å²) in [6.07, 6.45) is 2.21. The van der Waals surface area contributed by atoms with Crippen LogP contribution in [0.5, 0.6) is 5.75 Å². The Hall–Kier alpha value is -1.93. The van der Waals surface area contributed by atoms with Crippen LogP contribution < -0.4 is 15.5 Å². The molecule has 0 spiro atoms. The van der Waals surface area contributed by atoms with Crippen LogP contribution in [-0.4, -0.2) is 43.9 Å². The maximum Gasteiger partial charge on any atom is 0.329 e. The van der Waals surface area contributed by atoms with Crippen molar-refractivity contribution < 1.29 is 19.1 Å². The van der Waals surface area contributed by atoms with E-state index >= 15 is 0 Å². The van der Waals surface area contributed by atoms with Crippen molar-refractivity contribution in [2.75, 3.05) is 19.8 Å². The molecule has 0 saturated heterocycles. The van der Waals surface area contributed by atoms with Gasteiger partial charge in [0, 0.05) is 23.2 Å². The minimum absolute atomic E-state index is 0.146. The quantitative estimate of drug-likeness (QED) is 0.281. The van der Waals surface area contributed by atoms with Gasteiger partial charge in [0.05, 0.1) is 18.9 Å². The second-order valence-corrected chi connectivity index (χ2v) is 6.26. The van der Waals surface area contributed by atoms with Gasteiger partial charge in [-0.05, 0) is 45.4 Å². The molecule has 1 aromatic rings. The lowest BCUT2D eigenvalue weighted by atomic mass is 10.2. The molecule has 0 atom stereocenters. The van der Waals surface area contributed by atoms with Gasteiger partial charge in [-0.1, -0.05) is 15.9 Å². The van der Waals surface area contributed by atoms with Gasteiger partial charge in [-0.15, -0.1) is 0 Å². The number of nitrogens with zero attached hydrogens (tertiary/aromatic N) is 1. The molecule has 0 aliphatic carbocycles. The number of hydrogen-bond acceptors (Lipinski definition) is 5. The van der Waals surface area contributed by atoms with Gasteiger partial charge in [0.1, 0.15) is 5.75 Å². The molecular formula is C17H24BrN3O4. The molecule has 0 unspecified atom stereocenters. The van der Waals surface area contributed by atoms with E-state index < -0.39 is 11.8 Å². The minimum Gasteiger partial charge on any atom is -0.493 e. The van der Waals surface area contributed by atoms with E-state index in [2.05, 4.69) is 31.8 Å². The molecule has 2 N–H and O–H groups in total. The average molecular weight is 414 g/mol. The van der Waals surface area contributed by atoms with Crippen molar-refractivity contribution in [2.45, 2.75) is 33.3 Å². The minimum atomic E-state index is -0.825. The van der Waals surface area contributed by atoms with Crippen LogP contribution in [0.2, 0.25) is 0 Å². The lowest BCUT2D eigenvalue weighted by Gasteiger charge is -2.08. The van der Waals surface area contributed by atoms with E-state index in [0.717, 1.165) is 4.47 Å². The van der Waals surface area contributed by atoms with Crippen molar-refractivity contribution in [1.82, 2.24) is 10.7 Å². The van der Waals surface area contributed by atoms with Gasteiger partial charge < -0.3 is 14.8 Å². The van der Waals surface area contributed by atoms with Crippen LogP contribution in [-0.2, 0) is 14.3 Å². The Bertz CT molecular complexity index is 606. The largest absolute Gasteiger partial charge is 0.493 e. The summed E-state index contributed by atoms with van der Waals surface area (Å²) in [6.45, 7) is 7.15. The number of rotatable bonds is 9. The fourth-order valence-electron chi connectivity index (χ4n) is 1.79. The number of amides is 2. The number of carbonyl (C=O) groups excluding carboxylic acids is 2. The summed E-state index contributed by atoms with van der Waals surface area (Å²) < 4.78 is 11.7. The first kappa shape index (κ1) is 21.1. The molecule has 0 saturated carbocycles. The van der Waals surface area contributed by atoms with E-state index in [1.807, 2.05) is 26.8 Å². The molecule has 0 radical (unpaired) electrons. The van der Waals surface area contributed by atoms with Crippen molar-refractivity contribution in [1.29, 1.82) is 0 Å². The Morgan fingerprint density at radius 2 is 2.08 bits per heavy atom. The van der Waals surface area contributed by atoms with Gasteiger partial charge in [-0.25, -0.2) is 5.43 Å². The van der Waals surface area contributed by atoms with E-state index in [9.17, 15) is 9.59 Å². The third-order valence-electron chi connectivity index (χ3n) is 2.91. The van der Waals surface area contributed by atoms with Crippen LogP contribution in [0.3, 0.4) is 0 Å². The normalized spacial score (nSPS) is 10.9. The lowest BCUT2D eigenvalue weighted by molar-refractivity contribution is -0.139. The molecule has 2 amide bonds. The van der Waals surface area contributed by atoms with Crippen LogP contribution >= 0.6 is 15.9 Å². The predicted molar refractivity (Wildman–Crippen MR) is 99.8 cm³/mol. The van der Waals surface area contributed by atoms with Crippen molar-refractivity contribution in [3.8, 4) is 5.75 Å². The molecule has 1 aromatic carbocycles. The first-order valence-electron chi connectivity index (χ1n) is 8.09. The maximum absolute atomic E-state index is 11.7. The Balaban J connectivity index is 2.43. The van der Waals surface area contributed by atoms with Crippen molar-refractivity contribution in [2.24, 2.45) is 5.10 Å². The molecule has 25 heavy (non-hydrogen) atoms. The van der Waals surface area contributed by atoms with E-state index in [4.69, 9.17) is 9.47 Å². The number of carbonyl (C=O) groups is 2. The Kier molecular flexibility index (Phi) is 9.79. The van der Waals surface area contributed by atoms with E-state index in [-0.39, 0.29) is 6.10 Å². The Morgan fingerprint density at radius 3 is 2.76 bits per heavy atom. The van der Waals surface area contributed by atoms with Gasteiger partial charge in [-0.3, -0.25) is 9.59 Å². The molecular weight excluding hydrogens is 390 g/mol. The maximum atomic E-state index is 11.7. The summed E-state index contributed by atoms with van der Waals surface area (Å²) in [7, 11) is 0. The van der Waals surface area contributed by atoms with Crippen LogP contribution in [0, 0.1) is 0 Å². The number of nitrogens with one attached hydrogen (secondary N) is 2. The SMILES string of the molecule is CCOc1ccc(Br)cc1/C=N\NC(=O)C(=O)NCCCOC(C)C. The second kappa shape index (κ2) is 11.6. The number of ether oxygens (including phenoxy) is 2. The third kappa shape index (κ3) is 8.64. The number of benzene rings is 1. The highest BCUT2D eigenvalue weighted by Gasteiger charge is 2.11. The van der Waals surface area contributed by atoms with E-state index in [0.29, 0.717) is 37.5 Å². The van der Waals surface area contributed by atoms with Gasteiger partial charge in [0.2, 0.25) is 0 Å². The Labute approximate surface area is 156 Å². The van der Waals surface area contributed by atoms with E-state index in [1.54, 1.807) is 12.1 Å². The zero-order valence-corrected chi connectivity index (χ0v) is 16.3. The molecule has 0 aliphatic heterocycles. The van der Waals surface area contributed by atoms with Gasteiger partial charge in [0.15, 0.2) is 0 Å². The standard InChI is InChI=1S/C17H24BrN3O4/c1-4-24-15-7-6-14(18)10-13(15)11-20-21-17(23)16(22)19-8-5-9-25-12(2)3/h6-7,10-12H,4-5,8-9H2,1-3H3,(H,19,22)(H,21,23)/b20-11-. The average Bonchev–Trinajstić information content (AvgIpc) is 2.56. The van der Waals surface area contributed by atoms with Crippen LogP contribution in [0.15, 0.2) is 27.8 Å². The molecule has 0 heterocycles. The topological polar surface area (TPSA) is 89.0 Å². The van der Waals surface area contributed by atoms with Crippen molar-refractivity contribution in [3.05, 3.63) is 28.2 Å². The second-order valence-electron chi connectivity index (χ2n) is 5.34. The van der Waals surface area contributed by atoms with Crippen molar-refractivity contribution >= 4 is 34.0 Å². The fraction of sp³-hybridized carbons (Fsp3) is 0.471. The summed E-state index contributed by atoms with van der Waals surface area (Å²) in [5, 5.41) is 6.31. The fourth-order valence-corrected chi connectivity index (χ4v) is 2.17. The van der Waals surface area contributed by atoms with Crippen molar-refractivity contribution in [3.63, 3.8) is 0 Å². The first-order valence-corrected chi connectivity index (χ1v) is 8.88. The highest BCUT2D eigenvalue weighted by Crippen LogP contribution is 2.21. The van der Waals surface area contributed by atoms with Crippen LogP contribution in [0.1, 0.15) is 32.8 Å². The summed E-state index contributed by atoms with van der Waals surface area (Å²) >= 11 is 3.36. The zero-order valence-electron chi connectivity index (χ0n) is 14.7.